The van der Waals surface area contributed by atoms with Gasteiger partial charge in [-0.1, -0.05) is 23.2 Å². The summed E-state index contributed by atoms with van der Waals surface area (Å²) < 4.78 is 27.5. The molecular weight excluding hydrogens is 493 g/mol. The first kappa shape index (κ1) is 22.6. The first-order valence-corrected chi connectivity index (χ1v) is 11.4. The minimum Gasteiger partial charge on any atom is -0.273 e. The molecule has 13 heteroatoms. The van der Waals surface area contributed by atoms with Crippen LogP contribution in [0.5, 0.6) is 0 Å². The minimum atomic E-state index is -4.67. The lowest BCUT2D eigenvalue weighted by Crippen LogP contribution is -2.51. The first-order chi connectivity index (χ1) is 15.6. The number of halogens is 2. The zero-order valence-electron chi connectivity index (χ0n) is 16.7. The molecule has 0 aliphatic heterocycles. The summed E-state index contributed by atoms with van der Waals surface area (Å²) in [4.78, 5) is 46.8. The lowest BCUT2D eigenvalue weighted by atomic mass is 10.2. The Kier molecular flexibility index (Phi) is 5.78. The fourth-order valence-electron chi connectivity index (χ4n) is 3.18. The molecular formula is C20H13Cl2N5O5S. The van der Waals surface area contributed by atoms with Crippen LogP contribution in [0.3, 0.4) is 0 Å². The Bertz CT molecular complexity index is 1620. The van der Waals surface area contributed by atoms with E-state index in [1.807, 2.05) is 0 Å². The molecule has 2 heterocycles. The van der Waals surface area contributed by atoms with E-state index in [4.69, 9.17) is 23.2 Å². The van der Waals surface area contributed by atoms with Crippen molar-refractivity contribution in [3.8, 4) is 0 Å². The van der Waals surface area contributed by atoms with E-state index < -0.39 is 27.2 Å². The van der Waals surface area contributed by atoms with Gasteiger partial charge in [0.1, 0.15) is 6.33 Å². The predicted octanol–water partition coefficient (Wildman–Crippen LogP) is 2.31. The van der Waals surface area contributed by atoms with Gasteiger partial charge in [-0.2, -0.15) is 9.69 Å². The molecule has 0 saturated heterocycles. The molecule has 168 valence electrons. The van der Waals surface area contributed by atoms with Gasteiger partial charge in [-0.05, 0) is 42.5 Å². The highest BCUT2D eigenvalue weighted by molar-refractivity contribution is 7.90. The number of nitrogens with zero attached hydrogens (tertiary/aromatic N) is 5. The van der Waals surface area contributed by atoms with Crippen LogP contribution in [0.15, 0.2) is 75.5 Å². The molecule has 0 spiro atoms. The topological polar surface area (TPSA) is 124 Å². The van der Waals surface area contributed by atoms with E-state index in [9.17, 15) is 22.8 Å². The summed E-state index contributed by atoms with van der Waals surface area (Å²) in [6, 6.07) is 10.2. The van der Waals surface area contributed by atoms with Crippen LogP contribution in [0.4, 0.5) is 5.82 Å². The summed E-state index contributed by atoms with van der Waals surface area (Å²) in [7, 11) is -4.67. The van der Waals surface area contributed by atoms with E-state index in [-0.39, 0.29) is 35.6 Å². The highest BCUT2D eigenvalue weighted by atomic mass is 35.5. The summed E-state index contributed by atoms with van der Waals surface area (Å²) in [6.07, 6.45) is 2.48. The van der Waals surface area contributed by atoms with Gasteiger partial charge < -0.3 is 0 Å². The number of aromatic nitrogens is 4. The van der Waals surface area contributed by atoms with E-state index in [1.54, 1.807) is 0 Å². The second-order valence-corrected chi connectivity index (χ2v) is 9.34. The predicted molar refractivity (Wildman–Crippen MR) is 122 cm³/mol. The standard InChI is InChI=1S/C20H13Cl2N5O5S/c1-12(28)25(18-8-9-23-11-24-18)26-17-10-14(22)4-7-16(17)19(29)27(20(26)30)33(31,32)15-5-2-13(21)3-6-15/h2-11H,1H3. The van der Waals surface area contributed by atoms with Crippen LogP contribution in [0.25, 0.3) is 10.9 Å². The molecule has 33 heavy (non-hydrogen) atoms. The van der Waals surface area contributed by atoms with Gasteiger partial charge in [0.2, 0.25) is 5.91 Å². The third-order valence-corrected chi connectivity index (χ3v) is 6.75. The Hall–Kier alpha value is -3.54. The summed E-state index contributed by atoms with van der Waals surface area (Å²) in [6.45, 7) is 1.15. The Morgan fingerprint density at radius 2 is 1.67 bits per heavy atom. The Morgan fingerprint density at radius 3 is 2.27 bits per heavy atom. The average molecular weight is 506 g/mol. The number of hydrogen-bond acceptors (Lipinski definition) is 7. The molecule has 4 rings (SSSR count). The molecule has 4 aromatic rings. The van der Waals surface area contributed by atoms with Gasteiger partial charge in [0.25, 0.3) is 15.6 Å². The number of rotatable bonds is 4. The van der Waals surface area contributed by atoms with Gasteiger partial charge in [0.05, 0.1) is 15.8 Å². The summed E-state index contributed by atoms with van der Waals surface area (Å²) >= 11 is 11.9. The molecule has 0 bridgehead atoms. The molecule has 0 N–H and O–H groups in total. The van der Waals surface area contributed by atoms with Crippen molar-refractivity contribution >= 4 is 55.9 Å². The molecule has 0 saturated carbocycles. The number of carbonyl (C=O) groups is 1. The fourth-order valence-corrected chi connectivity index (χ4v) is 4.76. The van der Waals surface area contributed by atoms with Crippen molar-refractivity contribution in [2.75, 3.05) is 5.01 Å². The van der Waals surface area contributed by atoms with Crippen LogP contribution in [-0.2, 0) is 14.8 Å². The van der Waals surface area contributed by atoms with Crippen LogP contribution >= 0.6 is 23.2 Å². The normalized spacial score (nSPS) is 11.5. The van der Waals surface area contributed by atoms with Crippen molar-refractivity contribution in [2.45, 2.75) is 11.8 Å². The van der Waals surface area contributed by atoms with Crippen molar-refractivity contribution < 1.29 is 13.2 Å². The van der Waals surface area contributed by atoms with Crippen molar-refractivity contribution in [1.29, 1.82) is 0 Å². The van der Waals surface area contributed by atoms with Crippen LogP contribution in [-0.4, -0.2) is 32.9 Å². The third-order valence-electron chi connectivity index (χ3n) is 4.59. The molecule has 2 aromatic heterocycles. The molecule has 0 radical (unpaired) electrons. The number of amides is 1. The van der Waals surface area contributed by atoms with Crippen molar-refractivity contribution in [3.05, 3.63) is 91.9 Å². The Labute approximate surface area is 196 Å². The van der Waals surface area contributed by atoms with Crippen LogP contribution in [0.1, 0.15) is 6.92 Å². The Balaban J connectivity index is 2.17. The van der Waals surface area contributed by atoms with E-state index in [2.05, 4.69) is 9.97 Å². The quantitative estimate of drug-likeness (QED) is 0.416. The van der Waals surface area contributed by atoms with Gasteiger partial charge in [0.15, 0.2) is 5.82 Å². The molecule has 0 unspecified atom stereocenters. The molecule has 0 aliphatic rings. The second-order valence-electron chi connectivity index (χ2n) is 6.68. The van der Waals surface area contributed by atoms with Gasteiger partial charge in [-0.15, -0.1) is 3.97 Å². The highest BCUT2D eigenvalue weighted by Crippen LogP contribution is 2.21. The number of fused-ring (bicyclic) bond motifs is 1. The van der Waals surface area contributed by atoms with Crippen molar-refractivity contribution in [3.63, 3.8) is 0 Å². The lowest BCUT2D eigenvalue weighted by molar-refractivity contribution is -0.117. The number of benzene rings is 2. The fraction of sp³-hybridized carbons (Fsp3) is 0.0500. The van der Waals surface area contributed by atoms with E-state index in [1.165, 1.54) is 42.6 Å². The third kappa shape index (κ3) is 3.90. The molecule has 0 fully saturated rings. The highest BCUT2D eigenvalue weighted by Gasteiger charge is 2.29. The van der Waals surface area contributed by atoms with Crippen molar-refractivity contribution in [1.82, 2.24) is 18.6 Å². The number of carbonyl (C=O) groups excluding carboxylic acids is 1. The zero-order chi connectivity index (χ0) is 23.9. The zero-order valence-corrected chi connectivity index (χ0v) is 19.0. The smallest absolute Gasteiger partial charge is 0.273 e. The van der Waals surface area contributed by atoms with Gasteiger partial charge in [-0.3, -0.25) is 9.59 Å². The largest absolute Gasteiger partial charge is 0.365 e. The maximum atomic E-state index is 13.6. The minimum absolute atomic E-state index is 0.0324. The SMILES string of the molecule is CC(=O)N(c1ccncn1)n1c(=O)n(S(=O)(=O)c2ccc(Cl)cc2)c(=O)c2ccc(Cl)cc21. The molecule has 2 aromatic carbocycles. The second kappa shape index (κ2) is 8.43. The van der Waals surface area contributed by atoms with E-state index >= 15 is 0 Å². The summed E-state index contributed by atoms with van der Waals surface area (Å²) in [5.41, 5.74) is -2.52. The number of anilines is 1. The summed E-state index contributed by atoms with van der Waals surface area (Å²) in [5.74, 6) is -0.721. The maximum absolute atomic E-state index is 13.6. The van der Waals surface area contributed by atoms with E-state index in [0.29, 0.717) is 0 Å². The van der Waals surface area contributed by atoms with Crippen LogP contribution in [0, 0.1) is 0 Å². The molecule has 0 aliphatic carbocycles. The van der Waals surface area contributed by atoms with E-state index in [0.717, 1.165) is 35.1 Å². The van der Waals surface area contributed by atoms with Gasteiger partial charge in [0, 0.05) is 29.2 Å². The monoisotopic (exact) mass is 505 g/mol. The van der Waals surface area contributed by atoms with Crippen LogP contribution < -0.4 is 16.3 Å². The summed E-state index contributed by atoms with van der Waals surface area (Å²) in [5, 5.41) is 1.07. The maximum Gasteiger partial charge on any atom is 0.365 e. The molecule has 0 atom stereocenters. The average Bonchev–Trinajstić information content (AvgIpc) is 2.77. The number of hydrogen-bond donors (Lipinski definition) is 0. The van der Waals surface area contributed by atoms with Gasteiger partial charge >= 0.3 is 5.69 Å². The van der Waals surface area contributed by atoms with Crippen LogP contribution in [0.2, 0.25) is 10.0 Å². The first-order valence-electron chi connectivity index (χ1n) is 9.18. The molecule has 1 amide bonds. The van der Waals surface area contributed by atoms with Gasteiger partial charge in [-0.25, -0.2) is 23.2 Å². The lowest BCUT2D eigenvalue weighted by Gasteiger charge is -2.24. The Morgan fingerprint density at radius 1 is 1.00 bits per heavy atom. The molecule has 10 nitrogen and oxygen atoms in total. The van der Waals surface area contributed by atoms with Crippen molar-refractivity contribution in [2.24, 2.45) is 0 Å².